The quantitative estimate of drug-likeness (QED) is 0.552. The number of nitrogens with zero attached hydrogens (tertiary/aromatic N) is 1. The molecule has 0 amide bonds. The summed E-state index contributed by atoms with van der Waals surface area (Å²) in [6.07, 6.45) is 0.748. The third kappa shape index (κ3) is 3.97. The maximum absolute atomic E-state index is 11.3. The van der Waals surface area contributed by atoms with E-state index in [9.17, 15) is 4.79 Å². The van der Waals surface area contributed by atoms with Gasteiger partial charge in [-0.25, -0.2) is 9.78 Å². The van der Waals surface area contributed by atoms with E-state index in [1.807, 2.05) is 6.92 Å². The first-order chi connectivity index (χ1) is 7.27. The third-order valence-electron chi connectivity index (χ3n) is 1.70. The number of rotatable bonds is 6. The second-order valence-electron chi connectivity index (χ2n) is 2.79. The normalized spacial score (nSPS) is 10.3. The van der Waals surface area contributed by atoms with E-state index in [0.717, 1.165) is 11.4 Å². The first-order valence-corrected chi connectivity index (χ1v) is 5.85. The van der Waals surface area contributed by atoms with Gasteiger partial charge in [0, 0.05) is 18.4 Å². The molecule has 1 aromatic rings. The molecule has 1 heterocycles. The van der Waals surface area contributed by atoms with Crippen LogP contribution in [0.25, 0.3) is 0 Å². The van der Waals surface area contributed by atoms with Gasteiger partial charge >= 0.3 is 5.97 Å². The van der Waals surface area contributed by atoms with E-state index in [1.165, 1.54) is 11.3 Å². The van der Waals surface area contributed by atoms with Crippen molar-refractivity contribution in [2.24, 2.45) is 0 Å². The average Bonchev–Trinajstić information content (AvgIpc) is 2.67. The van der Waals surface area contributed by atoms with E-state index >= 15 is 0 Å². The number of aromatic nitrogens is 1. The highest BCUT2D eigenvalue weighted by Crippen LogP contribution is 2.11. The van der Waals surface area contributed by atoms with Crippen LogP contribution in [0.2, 0.25) is 0 Å². The number of hydrogen-bond acceptors (Lipinski definition) is 5. The summed E-state index contributed by atoms with van der Waals surface area (Å²) in [6.45, 7) is 5.46. The second-order valence-corrected chi connectivity index (χ2v) is 3.74. The van der Waals surface area contributed by atoms with Crippen molar-refractivity contribution in [3.8, 4) is 0 Å². The molecular weight excluding hydrogens is 214 g/mol. The molecule has 0 radical (unpaired) electrons. The predicted octanol–water partition coefficient (Wildman–Crippen LogP) is 1.90. The van der Waals surface area contributed by atoms with Crippen LogP contribution in [0.4, 0.5) is 0 Å². The van der Waals surface area contributed by atoms with E-state index in [2.05, 4.69) is 4.98 Å². The molecule has 0 fully saturated rings. The van der Waals surface area contributed by atoms with Crippen LogP contribution in [0.15, 0.2) is 5.38 Å². The van der Waals surface area contributed by atoms with Crippen LogP contribution in [0.1, 0.15) is 29.3 Å². The molecule has 1 rings (SSSR count). The van der Waals surface area contributed by atoms with Gasteiger partial charge in [-0.1, -0.05) is 0 Å². The number of ether oxygens (including phenoxy) is 2. The van der Waals surface area contributed by atoms with Gasteiger partial charge in [-0.3, -0.25) is 0 Å². The topological polar surface area (TPSA) is 48.4 Å². The van der Waals surface area contributed by atoms with Crippen molar-refractivity contribution >= 4 is 17.3 Å². The van der Waals surface area contributed by atoms with Gasteiger partial charge in [-0.15, -0.1) is 11.3 Å². The smallest absolute Gasteiger partial charge is 0.357 e. The van der Waals surface area contributed by atoms with Crippen molar-refractivity contribution in [2.75, 3.05) is 19.8 Å². The molecule has 0 N–H and O–H groups in total. The molecule has 0 atom stereocenters. The fourth-order valence-corrected chi connectivity index (χ4v) is 1.78. The van der Waals surface area contributed by atoms with E-state index in [4.69, 9.17) is 9.47 Å². The van der Waals surface area contributed by atoms with Crippen molar-refractivity contribution in [2.45, 2.75) is 20.3 Å². The lowest BCUT2D eigenvalue weighted by molar-refractivity contribution is 0.0520. The van der Waals surface area contributed by atoms with Gasteiger partial charge < -0.3 is 9.47 Å². The summed E-state index contributed by atoms with van der Waals surface area (Å²) in [5.41, 5.74) is 0.397. The van der Waals surface area contributed by atoms with E-state index in [-0.39, 0.29) is 5.97 Å². The molecule has 0 bridgehead atoms. The Bertz CT molecular complexity index is 311. The van der Waals surface area contributed by atoms with Crippen molar-refractivity contribution < 1.29 is 14.3 Å². The highest BCUT2D eigenvalue weighted by Gasteiger charge is 2.10. The summed E-state index contributed by atoms with van der Waals surface area (Å²) >= 11 is 1.46. The summed E-state index contributed by atoms with van der Waals surface area (Å²) < 4.78 is 10.0. The zero-order valence-electron chi connectivity index (χ0n) is 8.99. The Labute approximate surface area is 93.2 Å². The number of carbonyl (C=O) groups excluding carboxylic acids is 1. The fourth-order valence-electron chi connectivity index (χ4n) is 1.03. The van der Waals surface area contributed by atoms with Crippen LogP contribution in [-0.4, -0.2) is 30.8 Å². The Morgan fingerprint density at radius 2 is 2.27 bits per heavy atom. The molecule has 4 nitrogen and oxygen atoms in total. The molecule has 1 aromatic heterocycles. The van der Waals surface area contributed by atoms with E-state index in [1.54, 1.807) is 12.3 Å². The minimum Gasteiger partial charge on any atom is -0.461 e. The second kappa shape index (κ2) is 6.53. The molecule has 0 spiro atoms. The summed E-state index contributed by atoms with van der Waals surface area (Å²) in [5.74, 6) is -0.351. The maximum Gasteiger partial charge on any atom is 0.357 e. The predicted molar refractivity (Wildman–Crippen MR) is 58.3 cm³/mol. The SMILES string of the molecule is CCOCCc1nc(C(=O)OCC)cs1. The molecule has 5 heteroatoms. The first-order valence-electron chi connectivity index (χ1n) is 4.97. The number of carbonyl (C=O) groups is 1. The average molecular weight is 229 g/mol. The third-order valence-corrected chi connectivity index (χ3v) is 2.61. The van der Waals surface area contributed by atoms with Crippen LogP contribution in [-0.2, 0) is 15.9 Å². The molecule has 0 aliphatic heterocycles. The lowest BCUT2D eigenvalue weighted by Gasteiger charge is -1.97. The molecule has 0 aliphatic rings. The summed E-state index contributed by atoms with van der Waals surface area (Å²) in [4.78, 5) is 15.4. The highest BCUT2D eigenvalue weighted by atomic mass is 32.1. The molecule has 84 valence electrons. The van der Waals surface area contributed by atoms with Gasteiger partial charge in [0.05, 0.1) is 18.2 Å². The molecule has 0 unspecified atom stereocenters. The Morgan fingerprint density at radius 3 is 2.93 bits per heavy atom. The highest BCUT2D eigenvalue weighted by molar-refractivity contribution is 7.09. The Morgan fingerprint density at radius 1 is 1.47 bits per heavy atom. The summed E-state index contributed by atoms with van der Waals surface area (Å²) in [7, 11) is 0. The minimum absolute atomic E-state index is 0.351. The molecule has 0 saturated carbocycles. The van der Waals surface area contributed by atoms with Gasteiger partial charge in [-0.2, -0.15) is 0 Å². The van der Waals surface area contributed by atoms with Crippen LogP contribution >= 0.6 is 11.3 Å². The summed E-state index contributed by atoms with van der Waals surface area (Å²) in [5, 5.41) is 2.63. The van der Waals surface area contributed by atoms with Crippen LogP contribution < -0.4 is 0 Å². The lowest BCUT2D eigenvalue weighted by atomic mass is 10.4. The first kappa shape index (κ1) is 12.1. The largest absolute Gasteiger partial charge is 0.461 e. The Balaban J connectivity index is 2.45. The zero-order valence-corrected chi connectivity index (χ0v) is 9.80. The molecule has 15 heavy (non-hydrogen) atoms. The van der Waals surface area contributed by atoms with Gasteiger partial charge in [0.1, 0.15) is 0 Å². The Kier molecular flexibility index (Phi) is 5.28. The van der Waals surface area contributed by atoms with Crippen molar-refractivity contribution in [1.29, 1.82) is 0 Å². The number of thiazole rings is 1. The van der Waals surface area contributed by atoms with Gasteiger partial charge in [0.25, 0.3) is 0 Å². The number of hydrogen-bond donors (Lipinski definition) is 0. The summed E-state index contributed by atoms with van der Waals surface area (Å²) in [6, 6.07) is 0. The Hall–Kier alpha value is -0.940. The molecular formula is C10H15NO3S. The van der Waals surface area contributed by atoms with Crippen molar-refractivity contribution in [3.63, 3.8) is 0 Å². The molecule has 0 aromatic carbocycles. The minimum atomic E-state index is -0.351. The van der Waals surface area contributed by atoms with Gasteiger partial charge in [0.2, 0.25) is 0 Å². The molecule has 0 saturated heterocycles. The van der Waals surface area contributed by atoms with Crippen LogP contribution in [0.3, 0.4) is 0 Å². The fraction of sp³-hybridized carbons (Fsp3) is 0.600. The standard InChI is InChI=1S/C10H15NO3S/c1-3-13-6-5-9-11-8(7-15-9)10(12)14-4-2/h7H,3-6H2,1-2H3. The van der Waals surface area contributed by atoms with Gasteiger partial charge in [-0.05, 0) is 13.8 Å². The van der Waals surface area contributed by atoms with Crippen molar-refractivity contribution in [3.05, 3.63) is 16.1 Å². The lowest BCUT2D eigenvalue weighted by Crippen LogP contribution is -2.05. The zero-order chi connectivity index (χ0) is 11.1. The van der Waals surface area contributed by atoms with Crippen LogP contribution in [0.5, 0.6) is 0 Å². The van der Waals surface area contributed by atoms with Gasteiger partial charge in [0.15, 0.2) is 5.69 Å². The van der Waals surface area contributed by atoms with E-state index < -0.39 is 0 Å². The van der Waals surface area contributed by atoms with Crippen LogP contribution in [0, 0.1) is 0 Å². The number of esters is 1. The molecule has 0 aliphatic carbocycles. The van der Waals surface area contributed by atoms with Crippen molar-refractivity contribution in [1.82, 2.24) is 4.98 Å². The monoisotopic (exact) mass is 229 g/mol. The van der Waals surface area contributed by atoms with E-state index in [0.29, 0.717) is 25.5 Å². The maximum atomic E-state index is 11.3.